The van der Waals surface area contributed by atoms with Crippen LogP contribution in [0, 0.1) is 3.57 Å². The Kier molecular flexibility index (Phi) is 5.01. The van der Waals surface area contributed by atoms with Gasteiger partial charge in [0.25, 0.3) is 5.91 Å². The summed E-state index contributed by atoms with van der Waals surface area (Å²) in [5.41, 5.74) is 2.12. The average Bonchev–Trinajstić information content (AvgIpc) is 2.96. The smallest absolute Gasteiger partial charge is 0.256 e. The normalized spacial score (nSPS) is 14.2. The standard InChI is InChI=1S/C17H14BrIN2O2/c18-11-6-7-15(19)14(9-11)17(23)20-12-3-1-4-13(10-12)21-8-2-5-16(21)22/h1,3-4,6-7,9-10H,2,5,8H2,(H,20,23). The van der Waals surface area contributed by atoms with E-state index >= 15 is 0 Å². The van der Waals surface area contributed by atoms with Gasteiger partial charge in [-0.1, -0.05) is 22.0 Å². The maximum Gasteiger partial charge on any atom is 0.256 e. The fourth-order valence-electron chi connectivity index (χ4n) is 2.54. The van der Waals surface area contributed by atoms with Gasteiger partial charge in [-0.15, -0.1) is 0 Å². The van der Waals surface area contributed by atoms with E-state index < -0.39 is 0 Å². The molecule has 23 heavy (non-hydrogen) atoms. The predicted molar refractivity (Wildman–Crippen MR) is 103 cm³/mol. The van der Waals surface area contributed by atoms with Gasteiger partial charge < -0.3 is 10.2 Å². The number of carbonyl (C=O) groups is 2. The number of carbonyl (C=O) groups excluding carboxylic acids is 2. The van der Waals surface area contributed by atoms with E-state index in [0.29, 0.717) is 17.7 Å². The average molecular weight is 485 g/mol. The molecule has 0 spiro atoms. The highest BCUT2D eigenvalue weighted by atomic mass is 127. The van der Waals surface area contributed by atoms with Gasteiger partial charge in [0.2, 0.25) is 5.91 Å². The van der Waals surface area contributed by atoms with Crippen LogP contribution in [0.25, 0.3) is 0 Å². The van der Waals surface area contributed by atoms with E-state index in [1.165, 1.54) is 0 Å². The Balaban J connectivity index is 1.81. The van der Waals surface area contributed by atoms with Crippen LogP contribution in [0.15, 0.2) is 46.9 Å². The zero-order chi connectivity index (χ0) is 16.4. The van der Waals surface area contributed by atoms with Gasteiger partial charge in [0, 0.05) is 32.4 Å². The third kappa shape index (κ3) is 3.74. The zero-order valence-electron chi connectivity index (χ0n) is 12.2. The van der Waals surface area contributed by atoms with Crippen molar-refractivity contribution in [3.63, 3.8) is 0 Å². The fraction of sp³-hybridized carbons (Fsp3) is 0.176. The van der Waals surface area contributed by atoms with E-state index in [-0.39, 0.29) is 11.8 Å². The fourth-order valence-corrected chi connectivity index (χ4v) is 3.48. The molecule has 0 atom stereocenters. The highest BCUT2D eigenvalue weighted by molar-refractivity contribution is 14.1. The van der Waals surface area contributed by atoms with Crippen LogP contribution in [-0.2, 0) is 4.79 Å². The Morgan fingerprint density at radius 1 is 1.22 bits per heavy atom. The van der Waals surface area contributed by atoms with Crippen LogP contribution >= 0.6 is 38.5 Å². The molecule has 0 saturated carbocycles. The first-order valence-corrected chi connectivity index (χ1v) is 9.08. The zero-order valence-corrected chi connectivity index (χ0v) is 15.9. The summed E-state index contributed by atoms with van der Waals surface area (Å²) < 4.78 is 1.74. The molecular formula is C17H14BrIN2O2. The van der Waals surface area contributed by atoms with Crippen LogP contribution in [0.5, 0.6) is 0 Å². The number of halogens is 2. The van der Waals surface area contributed by atoms with Crippen LogP contribution in [0.4, 0.5) is 11.4 Å². The van der Waals surface area contributed by atoms with Crippen molar-refractivity contribution in [3.05, 3.63) is 56.1 Å². The molecule has 6 heteroatoms. The number of anilines is 2. The quantitative estimate of drug-likeness (QED) is 0.655. The van der Waals surface area contributed by atoms with Gasteiger partial charge in [-0.25, -0.2) is 0 Å². The van der Waals surface area contributed by atoms with Crippen molar-refractivity contribution in [3.8, 4) is 0 Å². The molecule has 0 aliphatic carbocycles. The summed E-state index contributed by atoms with van der Waals surface area (Å²) >= 11 is 5.53. The molecule has 118 valence electrons. The Bertz CT molecular complexity index is 779. The van der Waals surface area contributed by atoms with Crippen molar-refractivity contribution in [1.82, 2.24) is 0 Å². The van der Waals surface area contributed by atoms with Crippen molar-refractivity contribution >= 4 is 61.7 Å². The highest BCUT2D eigenvalue weighted by Crippen LogP contribution is 2.25. The lowest BCUT2D eigenvalue weighted by molar-refractivity contribution is -0.117. The minimum Gasteiger partial charge on any atom is -0.322 e. The van der Waals surface area contributed by atoms with E-state index in [9.17, 15) is 9.59 Å². The van der Waals surface area contributed by atoms with E-state index in [2.05, 4.69) is 43.8 Å². The van der Waals surface area contributed by atoms with Gasteiger partial charge in [-0.05, 0) is 65.4 Å². The van der Waals surface area contributed by atoms with Crippen molar-refractivity contribution in [2.24, 2.45) is 0 Å². The maximum absolute atomic E-state index is 12.5. The number of nitrogens with one attached hydrogen (secondary N) is 1. The lowest BCUT2D eigenvalue weighted by Gasteiger charge is -2.17. The first kappa shape index (κ1) is 16.4. The number of amides is 2. The molecule has 0 aromatic heterocycles. The van der Waals surface area contributed by atoms with Gasteiger partial charge in [0.15, 0.2) is 0 Å². The molecule has 1 fully saturated rings. The predicted octanol–water partition coefficient (Wildman–Crippen LogP) is 4.43. The highest BCUT2D eigenvalue weighted by Gasteiger charge is 2.22. The number of benzene rings is 2. The van der Waals surface area contributed by atoms with Gasteiger partial charge in [-0.2, -0.15) is 0 Å². The lowest BCUT2D eigenvalue weighted by atomic mass is 10.2. The molecule has 1 aliphatic heterocycles. The monoisotopic (exact) mass is 484 g/mol. The van der Waals surface area contributed by atoms with Crippen molar-refractivity contribution < 1.29 is 9.59 Å². The second kappa shape index (κ2) is 7.00. The largest absolute Gasteiger partial charge is 0.322 e. The number of rotatable bonds is 3. The molecule has 4 nitrogen and oxygen atoms in total. The molecule has 0 bridgehead atoms. The molecule has 2 aromatic rings. The Hall–Kier alpha value is -1.41. The molecule has 0 unspecified atom stereocenters. The number of hydrogen-bond acceptors (Lipinski definition) is 2. The van der Waals surface area contributed by atoms with E-state index in [1.54, 1.807) is 11.0 Å². The molecular weight excluding hydrogens is 471 g/mol. The van der Waals surface area contributed by atoms with Crippen molar-refractivity contribution in [2.45, 2.75) is 12.8 Å². The third-order valence-electron chi connectivity index (χ3n) is 3.66. The van der Waals surface area contributed by atoms with Crippen LogP contribution in [0.3, 0.4) is 0 Å². The summed E-state index contributed by atoms with van der Waals surface area (Å²) in [7, 11) is 0. The maximum atomic E-state index is 12.5. The SMILES string of the molecule is O=C(Nc1cccc(N2CCCC2=O)c1)c1cc(Br)ccc1I. The third-order valence-corrected chi connectivity index (χ3v) is 5.10. The van der Waals surface area contributed by atoms with E-state index in [4.69, 9.17) is 0 Å². The minimum absolute atomic E-state index is 0.134. The van der Waals surface area contributed by atoms with Crippen LogP contribution in [0.1, 0.15) is 23.2 Å². The van der Waals surface area contributed by atoms with Crippen molar-refractivity contribution in [1.29, 1.82) is 0 Å². The van der Waals surface area contributed by atoms with Gasteiger partial charge in [0.05, 0.1) is 5.56 Å². The molecule has 2 aromatic carbocycles. The molecule has 1 aliphatic rings. The Labute approximate surface area is 156 Å². The van der Waals surface area contributed by atoms with Crippen LogP contribution < -0.4 is 10.2 Å². The lowest BCUT2D eigenvalue weighted by Crippen LogP contribution is -2.23. The second-order valence-electron chi connectivity index (χ2n) is 5.28. The number of hydrogen-bond donors (Lipinski definition) is 1. The van der Waals surface area contributed by atoms with E-state index in [1.807, 2.05) is 36.4 Å². The van der Waals surface area contributed by atoms with Crippen LogP contribution in [0.2, 0.25) is 0 Å². The summed E-state index contributed by atoms with van der Waals surface area (Å²) in [6, 6.07) is 13.0. The summed E-state index contributed by atoms with van der Waals surface area (Å²) in [4.78, 5) is 26.1. The molecule has 2 amide bonds. The first-order valence-electron chi connectivity index (χ1n) is 7.21. The molecule has 1 heterocycles. The molecule has 1 N–H and O–H groups in total. The summed E-state index contributed by atoms with van der Waals surface area (Å²) in [5, 5.41) is 2.90. The van der Waals surface area contributed by atoms with Gasteiger partial charge in [0.1, 0.15) is 0 Å². The summed E-state index contributed by atoms with van der Waals surface area (Å²) in [6.07, 6.45) is 1.47. The van der Waals surface area contributed by atoms with Crippen molar-refractivity contribution in [2.75, 3.05) is 16.8 Å². The summed E-state index contributed by atoms with van der Waals surface area (Å²) in [5.74, 6) is -0.0318. The Morgan fingerprint density at radius 3 is 2.78 bits per heavy atom. The summed E-state index contributed by atoms with van der Waals surface area (Å²) in [6.45, 7) is 0.736. The van der Waals surface area contributed by atoms with E-state index in [0.717, 1.165) is 26.7 Å². The molecule has 0 radical (unpaired) electrons. The van der Waals surface area contributed by atoms with Gasteiger partial charge in [-0.3, -0.25) is 9.59 Å². The van der Waals surface area contributed by atoms with Gasteiger partial charge >= 0.3 is 0 Å². The molecule has 3 rings (SSSR count). The Morgan fingerprint density at radius 2 is 2.04 bits per heavy atom. The topological polar surface area (TPSA) is 49.4 Å². The van der Waals surface area contributed by atoms with Crippen LogP contribution in [-0.4, -0.2) is 18.4 Å². The minimum atomic E-state index is -0.166. The second-order valence-corrected chi connectivity index (χ2v) is 7.36. The molecule has 1 saturated heterocycles. The first-order chi connectivity index (χ1) is 11.0. The number of nitrogens with zero attached hydrogens (tertiary/aromatic N) is 1.